The van der Waals surface area contributed by atoms with Crippen LogP contribution in [0.15, 0.2) is 84.9 Å². The van der Waals surface area contributed by atoms with Gasteiger partial charge in [0.1, 0.15) is 11.9 Å². The van der Waals surface area contributed by atoms with Crippen LogP contribution in [0.1, 0.15) is 18.1 Å². The molecule has 0 radical (unpaired) electrons. The van der Waals surface area contributed by atoms with E-state index >= 15 is 0 Å². The molecule has 156 valence electrons. The minimum Gasteiger partial charge on any atom is -0.484 e. The number of rotatable bonds is 8. The molecule has 4 nitrogen and oxygen atoms in total. The summed E-state index contributed by atoms with van der Waals surface area (Å²) in [7, 11) is 1.99. The molecule has 3 aromatic carbocycles. The molecule has 4 heteroatoms. The lowest BCUT2D eigenvalue weighted by atomic mass is 10.1. The molecule has 0 spiro atoms. The maximum atomic E-state index is 6.60. The molecule has 0 aliphatic carbocycles. The van der Waals surface area contributed by atoms with Crippen molar-refractivity contribution < 1.29 is 4.74 Å². The Morgan fingerprint density at radius 2 is 1.37 bits per heavy atom. The van der Waals surface area contributed by atoms with Crippen molar-refractivity contribution in [3.05, 3.63) is 90.5 Å². The van der Waals surface area contributed by atoms with Gasteiger partial charge in [-0.05, 0) is 43.4 Å². The molecule has 0 bridgehead atoms. The molecule has 3 aromatic rings. The van der Waals surface area contributed by atoms with Crippen molar-refractivity contribution in [3.63, 3.8) is 0 Å². The highest BCUT2D eigenvalue weighted by Crippen LogP contribution is 2.34. The highest BCUT2D eigenvalue weighted by atomic mass is 16.5. The number of hydrogen-bond donors (Lipinski definition) is 1. The van der Waals surface area contributed by atoms with Gasteiger partial charge in [-0.1, -0.05) is 60.7 Å². The summed E-state index contributed by atoms with van der Waals surface area (Å²) in [5.74, 6) is 0.968. The van der Waals surface area contributed by atoms with Crippen LogP contribution in [-0.2, 0) is 0 Å². The van der Waals surface area contributed by atoms with Gasteiger partial charge in [0.2, 0.25) is 0 Å². The van der Waals surface area contributed by atoms with Crippen molar-refractivity contribution >= 4 is 11.4 Å². The summed E-state index contributed by atoms with van der Waals surface area (Å²) in [5, 5.41) is 3.26. The number of nitrogens with one attached hydrogen (secondary N) is 1. The summed E-state index contributed by atoms with van der Waals surface area (Å²) in [4.78, 5) is 4.91. The number of ether oxygens (including phenoxy) is 1. The van der Waals surface area contributed by atoms with Crippen LogP contribution < -0.4 is 19.9 Å². The zero-order valence-corrected chi connectivity index (χ0v) is 17.7. The summed E-state index contributed by atoms with van der Waals surface area (Å²) in [6.07, 6.45) is 0.960. The van der Waals surface area contributed by atoms with Crippen molar-refractivity contribution in [3.8, 4) is 5.75 Å². The number of benzene rings is 3. The molecule has 1 saturated heterocycles. The molecule has 1 heterocycles. The van der Waals surface area contributed by atoms with Crippen LogP contribution >= 0.6 is 0 Å². The van der Waals surface area contributed by atoms with E-state index < -0.39 is 0 Å². The molecule has 1 aliphatic heterocycles. The van der Waals surface area contributed by atoms with Gasteiger partial charge < -0.3 is 19.9 Å². The van der Waals surface area contributed by atoms with Gasteiger partial charge in [0.15, 0.2) is 0 Å². The number of piperazine rings is 1. The van der Waals surface area contributed by atoms with Gasteiger partial charge in [0.25, 0.3) is 0 Å². The van der Waals surface area contributed by atoms with Gasteiger partial charge in [-0.3, -0.25) is 0 Å². The Balaban J connectivity index is 1.48. The van der Waals surface area contributed by atoms with Crippen LogP contribution in [0.25, 0.3) is 0 Å². The van der Waals surface area contributed by atoms with Gasteiger partial charge in [-0.15, -0.1) is 0 Å². The molecule has 0 aromatic heterocycles. The topological polar surface area (TPSA) is 27.7 Å². The number of anilines is 2. The SMILES string of the molecule is CNCCC(Oc1ccccc1N1CCN(c2ccccc2)CC1)c1ccccc1. The number of para-hydroxylation sites is 3. The van der Waals surface area contributed by atoms with Gasteiger partial charge in [-0.25, -0.2) is 0 Å². The molecular formula is C26H31N3O. The van der Waals surface area contributed by atoms with Crippen LogP contribution in [0.2, 0.25) is 0 Å². The molecule has 1 N–H and O–H groups in total. The van der Waals surface area contributed by atoms with E-state index in [0.717, 1.165) is 44.9 Å². The fourth-order valence-electron chi connectivity index (χ4n) is 4.05. The largest absolute Gasteiger partial charge is 0.484 e. The highest BCUT2D eigenvalue weighted by Gasteiger charge is 2.21. The van der Waals surface area contributed by atoms with Crippen molar-refractivity contribution in [2.75, 3.05) is 49.6 Å². The third-order valence-electron chi connectivity index (χ3n) is 5.70. The lowest BCUT2D eigenvalue weighted by molar-refractivity contribution is 0.195. The zero-order chi connectivity index (χ0) is 20.6. The molecule has 4 rings (SSSR count). The minimum absolute atomic E-state index is 0.0328. The second kappa shape index (κ2) is 10.2. The zero-order valence-electron chi connectivity index (χ0n) is 17.7. The predicted molar refractivity (Wildman–Crippen MR) is 126 cm³/mol. The van der Waals surface area contributed by atoms with Crippen LogP contribution in [0, 0.1) is 0 Å². The number of hydrogen-bond acceptors (Lipinski definition) is 4. The van der Waals surface area contributed by atoms with E-state index in [9.17, 15) is 0 Å². The normalized spacial score (nSPS) is 15.1. The van der Waals surface area contributed by atoms with Crippen molar-refractivity contribution in [2.45, 2.75) is 12.5 Å². The third-order valence-corrected chi connectivity index (χ3v) is 5.70. The highest BCUT2D eigenvalue weighted by molar-refractivity contribution is 5.60. The molecule has 1 unspecified atom stereocenters. The van der Waals surface area contributed by atoms with Crippen LogP contribution in [0.3, 0.4) is 0 Å². The monoisotopic (exact) mass is 401 g/mol. The Bertz CT molecular complexity index is 892. The molecular weight excluding hydrogens is 370 g/mol. The average Bonchev–Trinajstić information content (AvgIpc) is 2.83. The molecule has 1 aliphatic rings. The smallest absolute Gasteiger partial charge is 0.143 e. The van der Waals surface area contributed by atoms with E-state index in [-0.39, 0.29) is 6.10 Å². The molecule has 1 fully saturated rings. The van der Waals surface area contributed by atoms with E-state index in [1.807, 2.05) is 7.05 Å². The summed E-state index contributed by atoms with van der Waals surface area (Å²) in [6, 6.07) is 29.7. The first-order chi connectivity index (χ1) is 14.8. The van der Waals surface area contributed by atoms with Gasteiger partial charge >= 0.3 is 0 Å². The number of nitrogens with zero attached hydrogens (tertiary/aromatic N) is 2. The molecule has 1 atom stereocenters. The summed E-state index contributed by atoms with van der Waals surface area (Å²) in [5.41, 5.74) is 3.71. The predicted octanol–water partition coefficient (Wildman–Crippen LogP) is 4.74. The Hall–Kier alpha value is -2.98. The lowest BCUT2D eigenvalue weighted by Gasteiger charge is -2.38. The Kier molecular flexibility index (Phi) is 6.88. The van der Waals surface area contributed by atoms with Gasteiger partial charge in [0, 0.05) is 38.3 Å². The van der Waals surface area contributed by atoms with E-state index in [2.05, 4.69) is 100 Å². The first-order valence-corrected chi connectivity index (χ1v) is 10.9. The maximum Gasteiger partial charge on any atom is 0.143 e. The van der Waals surface area contributed by atoms with Crippen LogP contribution in [0.5, 0.6) is 5.75 Å². The minimum atomic E-state index is 0.0328. The van der Waals surface area contributed by atoms with E-state index in [1.54, 1.807) is 0 Å². The fourth-order valence-corrected chi connectivity index (χ4v) is 4.05. The summed E-state index contributed by atoms with van der Waals surface area (Å²) < 4.78 is 6.60. The third kappa shape index (κ3) is 4.95. The Labute approximate surface area is 180 Å². The van der Waals surface area contributed by atoms with E-state index in [0.29, 0.717) is 0 Å². The Morgan fingerprint density at radius 3 is 2.07 bits per heavy atom. The van der Waals surface area contributed by atoms with Crippen LogP contribution in [0.4, 0.5) is 11.4 Å². The first kappa shape index (κ1) is 20.3. The van der Waals surface area contributed by atoms with E-state index in [4.69, 9.17) is 4.74 Å². The molecule has 0 saturated carbocycles. The molecule has 30 heavy (non-hydrogen) atoms. The van der Waals surface area contributed by atoms with Crippen molar-refractivity contribution in [2.24, 2.45) is 0 Å². The van der Waals surface area contributed by atoms with Gasteiger partial charge in [0.05, 0.1) is 5.69 Å². The second-order valence-electron chi connectivity index (χ2n) is 7.69. The average molecular weight is 402 g/mol. The standard InChI is InChI=1S/C26H31N3O/c1-27-17-16-25(22-10-4-2-5-11-22)30-26-15-9-8-14-24(26)29-20-18-28(19-21-29)23-12-6-3-7-13-23/h2-15,25,27H,16-21H2,1H3. The lowest BCUT2D eigenvalue weighted by Crippen LogP contribution is -2.46. The summed E-state index contributed by atoms with van der Waals surface area (Å²) >= 11 is 0. The quantitative estimate of drug-likeness (QED) is 0.590. The van der Waals surface area contributed by atoms with Gasteiger partial charge in [-0.2, -0.15) is 0 Å². The van der Waals surface area contributed by atoms with E-state index in [1.165, 1.54) is 16.9 Å². The summed E-state index contributed by atoms with van der Waals surface area (Å²) in [6.45, 7) is 4.92. The second-order valence-corrected chi connectivity index (χ2v) is 7.69. The fraction of sp³-hybridized carbons (Fsp3) is 0.308. The first-order valence-electron chi connectivity index (χ1n) is 10.9. The van der Waals surface area contributed by atoms with Crippen LogP contribution in [-0.4, -0.2) is 39.8 Å². The maximum absolute atomic E-state index is 6.60. The van der Waals surface area contributed by atoms with Crippen molar-refractivity contribution in [1.82, 2.24) is 5.32 Å². The molecule has 0 amide bonds. The van der Waals surface area contributed by atoms with Crippen molar-refractivity contribution in [1.29, 1.82) is 0 Å². The Morgan fingerprint density at radius 1 is 0.767 bits per heavy atom.